The van der Waals surface area contributed by atoms with Gasteiger partial charge in [0.05, 0.1) is 13.2 Å². The second kappa shape index (κ2) is 5.65. The van der Waals surface area contributed by atoms with Crippen LogP contribution in [0.5, 0.6) is 0 Å². The molecule has 0 amide bonds. The SMILES string of the molecule is CCNC1CCC2(CC1N(C)CC)OCCO2. The molecule has 1 heterocycles. The van der Waals surface area contributed by atoms with Crippen LogP contribution in [0.4, 0.5) is 0 Å². The lowest BCUT2D eigenvalue weighted by atomic mass is 9.84. The molecule has 0 radical (unpaired) electrons. The van der Waals surface area contributed by atoms with Gasteiger partial charge in [-0.15, -0.1) is 0 Å². The Kier molecular flexibility index (Phi) is 4.42. The summed E-state index contributed by atoms with van der Waals surface area (Å²) >= 11 is 0. The molecule has 1 saturated carbocycles. The predicted molar refractivity (Wildman–Crippen MR) is 68.0 cm³/mol. The molecule has 0 aromatic heterocycles. The van der Waals surface area contributed by atoms with E-state index in [0.29, 0.717) is 12.1 Å². The molecule has 0 bridgehead atoms. The van der Waals surface area contributed by atoms with Gasteiger partial charge in [0.15, 0.2) is 5.79 Å². The third-order valence-electron chi connectivity index (χ3n) is 4.17. The lowest BCUT2D eigenvalue weighted by Crippen LogP contribution is -2.56. The van der Waals surface area contributed by atoms with Crippen LogP contribution in [0.3, 0.4) is 0 Å². The van der Waals surface area contributed by atoms with Crippen molar-refractivity contribution in [3.63, 3.8) is 0 Å². The number of rotatable bonds is 4. The van der Waals surface area contributed by atoms with Gasteiger partial charge in [-0.25, -0.2) is 0 Å². The number of hydrogen-bond acceptors (Lipinski definition) is 4. The van der Waals surface area contributed by atoms with E-state index in [0.717, 1.165) is 45.6 Å². The second-order valence-corrected chi connectivity index (χ2v) is 5.16. The Balaban J connectivity index is 2.03. The Labute approximate surface area is 105 Å². The Morgan fingerprint density at radius 3 is 2.59 bits per heavy atom. The Bertz CT molecular complexity index is 242. The first-order chi connectivity index (χ1) is 8.21. The van der Waals surface area contributed by atoms with Gasteiger partial charge in [0.1, 0.15) is 0 Å². The Morgan fingerprint density at radius 2 is 2.00 bits per heavy atom. The molecular formula is C13H26N2O2. The van der Waals surface area contributed by atoms with E-state index < -0.39 is 0 Å². The standard InChI is InChI=1S/C13H26N2O2/c1-4-14-11-6-7-13(16-8-9-17-13)10-12(11)15(3)5-2/h11-12,14H,4-10H2,1-3H3. The van der Waals surface area contributed by atoms with Crippen molar-refractivity contribution in [2.75, 3.05) is 33.4 Å². The van der Waals surface area contributed by atoms with Gasteiger partial charge in [-0.05, 0) is 26.6 Å². The number of nitrogens with one attached hydrogen (secondary N) is 1. The maximum absolute atomic E-state index is 5.86. The molecule has 1 N–H and O–H groups in total. The van der Waals surface area contributed by atoms with Crippen LogP contribution in [0.2, 0.25) is 0 Å². The van der Waals surface area contributed by atoms with Crippen molar-refractivity contribution in [1.82, 2.24) is 10.2 Å². The van der Waals surface area contributed by atoms with Crippen LogP contribution in [0, 0.1) is 0 Å². The first-order valence-corrected chi connectivity index (χ1v) is 6.92. The van der Waals surface area contributed by atoms with E-state index in [9.17, 15) is 0 Å². The fourth-order valence-corrected chi connectivity index (χ4v) is 3.09. The first-order valence-electron chi connectivity index (χ1n) is 6.92. The van der Waals surface area contributed by atoms with Crippen molar-refractivity contribution in [3.8, 4) is 0 Å². The summed E-state index contributed by atoms with van der Waals surface area (Å²) in [6.07, 6.45) is 3.16. The van der Waals surface area contributed by atoms with Crippen molar-refractivity contribution in [2.45, 2.75) is 51.0 Å². The molecule has 17 heavy (non-hydrogen) atoms. The van der Waals surface area contributed by atoms with Gasteiger partial charge in [0, 0.05) is 24.9 Å². The van der Waals surface area contributed by atoms with Gasteiger partial charge in [0.25, 0.3) is 0 Å². The summed E-state index contributed by atoms with van der Waals surface area (Å²) in [5.74, 6) is -0.278. The van der Waals surface area contributed by atoms with Crippen molar-refractivity contribution >= 4 is 0 Å². The lowest BCUT2D eigenvalue weighted by molar-refractivity contribution is -0.192. The second-order valence-electron chi connectivity index (χ2n) is 5.16. The molecule has 0 aromatic carbocycles. The van der Waals surface area contributed by atoms with Crippen molar-refractivity contribution < 1.29 is 9.47 Å². The maximum Gasteiger partial charge on any atom is 0.170 e. The smallest absolute Gasteiger partial charge is 0.170 e. The Hall–Kier alpha value is -0.160. The van der Waals surface area contributed by atoms with Crippen LogP contribution in [0.15, 0.2) is 0 Å². The third kappa shape index (κ3) is 2.81. The van der Waals surface area contributed by atoms with Gasteiger partial charge in [-0.1, -0.05) is 13.8 Å². The van der Waals surface area contributed by atoms with Crippen LogP contribution in [-0.2, 0) is 9.47 Å². The minimum absolute atomic E-state index is 0.278. The highest BCUT2D eigenvalue weighted by Gasteiger charge is 2.45. The topological polar surface area (TPSA) is 33.7 Å². The van der Waals surface area contributed by atoms with Crippen LogP contribution in [0.25, 0.3) is 0 Å². The summed E-state index contributed by atoms with van der Waals surface area (Å²) in [6.45, 7) is 8.01. The quantitative estimate of drug-likeness (QED) is 0.803. The summed E-state index contributed by atoms with van der Waals surface area (Å²) in [5, 5.41) is 3.60. The van der Waals surface area contributed by atoms with Crippen molar-refractivity contribution in [3.05, 3.63) is 0 Å². The van der Waals surface area contributed by atoms with E-state index in [1.807, 2.05) is 0 Å². The normalized spacial score (nSPS) is 32.5. The minimum atomic E-state index is -0.278. The number of ether oxygens (including phenoxy) is 2. The highest BCUT2D eigenvalue weighted by molar-refractivity contribution is 4.95. The average molecular weight is 242 g/mol. The van der Waals surface area contributed by atoms with Crippen molar-refractivity contribution in [2.24, 2.45) is 0 Å². The molecule has 2 aliphatic rings. The van der Waals surface area contributed by atoms with E-state index >= 15 is 0 Å². The number of likely N-dealkylation sites (N-methyl/N-ethyl adjacent to an activating group) is 2. The molecule has 1 aliphatic heterocycles. The van der Waals surface area contributed by atoms with Gasteiger partial charge in [-0.2, -0.15) is 0 Å². The molecule has 0 aromatic rings. The van der Waals surface area contributed by atoms with Crippen molar-refractivity contribution in [1.29, 1.82) is 0 Å². The summed E-state index contributed by atoms with van der Waals surface area (Å²) in [5.41, 5.74) is 0. The van der Waals surface area contributed by atoms with E-state index in [2.05, 4.69) is 31.1 Å². The van der Waals surface area contributed by atoms with Crippen LogP contribution in [-0.4, -0.2) is 56.1 Å². The van der Waals surface area contributed by atoms with Gasteiger partial charge < -0.3 is 19.7 Å². The zero-order valence-electron chi connectivity index (χ0n) is 11.4. The van der Waals surface area contributed by atoms with Gasteiger partial charge in [0.2, 0.25) is 0 Å². The van der Waals surface area contributed by atoms with E-state index in [-0.39, 0.29) is 5.79 Å². The van der Waals surface area contributed by atoms with Crippen LogP contribution in [0.1, 0.15) is 33.1 Å². The summed E-state index contributed by atoms with van der Waals surface area (Å²) in [6, 6.07) is 1.09. The fourth-order valence-electron chi connectivity index (χ4n) is 3.09. The molecule has 2 fully saturated rings. The average Bonchev–Trinajstić information content (AvgIpc) is 2.79. The summed E-state index contributed by atoms with van der Waals surface area (Å²) in [7, 11) is 2.20. The molecule has 4 heteroatoms. The van der Waals surface area contributed by atoms with E-state index in [4.69, 9.17) is 9.47 Å². The first kappa shape index (κ1) is 13.3. The van der Waals surface area contributed by atoms with E-state index in [1.54, 1.807) is 0 Å². The van der Waals surface area contributed by atoms with Crippen LogP contribution < -0.4 is 5.32 Å². The predicted octanol–water partition coefficient (Wildman–Crippen LogP) is 1.21. The van der Waals surface area contributed by atoms with Gasteiger partial charge >= 0.3 is 0 Å². The maximum atomic E-state index is 5.86. The molecule has 1 saturated heterocycles. The zero-order valence-corrected chi connectivity index (χ0v) is 11.4. The molecule has 4 nitrogen and oxygen atoms in total. The fraction of sp³-hybridized carbons (Fsp3) is 1.00. The molecule has 2 rings (SSSR count). The molecule has 1 aliphatic carbocycles. The zero-order chi connectivity index (χ0) is 12.3. The molecule has 2 atom stereocenters. The summed E-state index contributed by atoms with van der Waals surface area (Å²) in [4.78, 5) is 2.42. The molecule has 2 unspecified atom stereocenters. The number of nitrogens with zero attached hydrogens (tertiary/aromatic N) is 1. The highest BCUT2D eigenvalue weighted by Crippen LogP contribution is 2.37. The number of hydrogen-bond donors (Lipinski definition) is 1. The highest BCUT2D eigenvalue weighted by atomic mass is 16.7. The van der Waals surface area contributed by atoms with E-state index in [1.165, 1.54) is 0 Å². The minimum Gasteiger partial charge on any atom is -0.347 e. The molecular weight excluding hydrogens is 216 g/mol. The lowest BCUT2D eigenvalue weighted by Gasteiger charge is -2.44. The third-order valence-corrected chi connectivity index (χ3v) is 4.17. The summed E-state index contributed by atoms with van der Waals surface area (Å²) < 4.78 is 11.7. The Morgan fingerprint density at radius 1 is 1.29 bits per heavy atom. The largest absolute Gasteiger partial charge is 0.347 e. The van der Waals surface area contributed by atoms with Gasteiger partial charge in [-0.3, -0.25) is 0 Å². The van der Waals surface area contributed by atoms with Crippen LogP contribution >= 0.6 is 0 Å². The monoisotopic (exact) mass is 242 g/mol. The molecule has 100 valence electrons. The molecule has 1 spiro atoms.